The van der Waals surface area contributed by atoms with Gasteiger partial charge in [0.1, 0.15) is 0 Å². The molecule has 160 valence electrons. The van der Waals surface area contributed by atoms with E-state index in [0.717, 1.165) is 71.6 Å². The van der Waals surface area contributed by atoms with Crippen LogP contribution in [0.2, 0.25) is 0 Å². The number of hydrogen-bond donors (Lipinski definition) is 0. The van der Waals surface area contributed by atoms with Crippen LogP contribution in [0.3, 0.4) is 0 Å². The lowest BCUT2D eigenvalue weighted by Gasteiger charge is -2.47. The van der Waals surface area contributed by atoms with E-state index in [9.17, 15) is 4.79 Å². The predicted molar refractivity (Wildman–Crippen MR) is 114 cm³/mol. The summed E-state index contributed by atoms with van der Waals surface area (Å²) in [5.74, 6) is 0.405. The van der Waals surface area contributed by atoms with Crippen molar-refractivity contribution < 1.29 is 9.21 Å². The maximum Gasteiger partial charge on any atom is 0.230 e. The second-order valence-corrected chi connectivity index (χ2v) is 9.41. The normalized spacial score (nSPS) is 27.0. The maximum absolute atomic E-state index is 13.6. The van der Waals surface area contributed by atoms with E-state index >= 15 is 0 Å². The van der Waals surface area contributed by atoms with Gasteiger partial charge in [-0.15, -0.1) is 0 Å². The molecule has 3 fully saturated rings. The molecule has 0 N–H and O–H groups in total. The van der Waals surface area contributed by atoms with Crippen molar-refractivity contribution in [2.45, 2.75) is 39.3 Å². The van der Waals surface area contributed by atoms with Gasteiger partial charge in [0.2, 0.25) is 5.91 Å². The molecule has 0 unspecified atom stereocenters. The van der Waals surface area contributed by atoms with Crippen LogP contribution in [0.25, 0.3) is 0 Å². The van der Waals surface area contributed by atoms with Gasteiger partial charge in [-0.2, -0.15) is 0 Å². The molecule has 3 aliphatic heterocycles. The van der Waals surface area contributed by atoms with E-state index in [1.54, 1.807) is 6.26 Å². The number of fused-ring (bicyclic) bond motifs is 1. The van der Waals surface area contributed by atoms with Gasteiger partial charge >= 0.3 is 0 Å². The van der Waals surface area contributed by atoms with Crippen molar-refractivity contribution in [2.24, 2.45) is 10.8 Å². The zero-order valence-electron chi connectivity index (χ0n) is 17.9. The number of hydrogen-bond acceptors (Lipinski definition) is 5. The first kappa shape index (κ1) is 19.8. The molecule has 0 aliphatic carbocycles. The summed E-state index contributed by atoms with van der Waals surface area (Å²) in [4.78, 5) is 25.1. The fraction of sp³-hybridized carbons (Fsp3) is 0.583. The minimum absolute atomic E-state index is 0.0864. The molecule has 3 saturated heterocycles. The van der Waals surface area contributed by atoms with Gasteiger partial charge in [0.05, 0.1) is 17.9 Å². The largest absolute Gasteiger partial charge is 0.472 e. The Morgan fingerprint density at radius 2 is 1.87 bits per heavy atom. The van der Waals surface area contributed by atoms with Crippen LogP contribution < -0.4 is 0 Å². The number of carbonyl (C=O) groups excluding carboxylic acids is 1. The summed E-state index contributed by atoms with van der Waals surface area (Å²) in [5.41, 5.74) is 2.34. The summed E-state index contributed by atoms with van der Waals surface area (Å²) in [6.07, 6.45) is 10.6. The van der Waals surface area contributed by atoms with E-state index in [1.807, 2.05) is 24.7 Å². The number of carbonyl (C=O) groups is 1. The third-order valence-corrected chi connectivity index (χ3v) is 7.85. The first-order valence-corrected chi connectivity index (χ1v) is 11.3. The molecule has 0 aromatic carbocycles. The van der Waals surface area contributed by atoms with Crippen LogP contribution in [0.5, 0.6) is 0 Å². The summed E-state index contributed by atoms with van der Waals surface area (Å²) in [5, 5.41) is 0. The molecule has 5 heterocycles. The summed E-state index contributed by atoms with van der Waals surface area (Å²) >= 11 is 0. The van der Waals surface area contributed by atoms with Crippen molar-refractivity contribution >= 4 is 5.91 Å². The van der Waals surface area contributed by atoms with E-state index in [4.69, 9.17) is 4.42 Å². The SMILES string of the molecule is CCN1CC[C@@]2(CN(Cc3cccnc3)CC23CCN(Cc2ccoc2)CC3)C1=O. The molecule has 5 rings (SSSR count). The lowest BCUT2D eigenvalue weighted by molar-refractivity contribution is -0.142. The molecular formula is C24H32N4O2. The zero-order chi connectivity index (χ0) is 20.6. The van der Waals surface area contributed by atoms with Gasteiger partial charge in [-0.05, 0) is 57.0 Å². The minimum Gasteiger partial charge on any atom is -0.472 e. The lowest BCUT2D eigenvalue weighted by Crippen LogP contribution is -2.52. The summed E-state index contributed by atoms with van der Waals surface area (Å²) < 4.78 is 5.25. The summed E-state index contributed by atoms with van der Waals surface area (Å²) in [6.45, 7) is 9.68. The third-order valence-electron chi connectivity index (χ3n) is 7.85. The van der Waals surface area contributed by atoms with Crippen molar-refractivity contribution in [1.29, 1.82) is 0 Å². The highest BCUT2D eigenvalue weighted by atomic mass is 16.3. The van der Waals surface area contributed by atoms with Gasteiger partial charge in [0.25, 0.3) is 0 Å². The molecule has 0 radical (unpaired) electrons. The molecule has 6 nitrogen and oxygen atoms in total. The number of furan rings is 1. The summed E-state index contributed by atoms with van der Waals surface area (Å²) in [7, 11) is 0. The molecule has 1 amide bonds. The fourth-order valence-corrected chi connectivity index (χ4v) is 6.24. The molecule has 2 aromatic rings. The Morgan fingerprint density at radius 1 is 1.03 bits per heavy atom. The van der Waals surface area contributed by atoms with Crippen molar-refractivity contribution in [3.05, 3.63) is 54.2 Å². The monoisotopic (exact) mass is 408 g/mol. The van der Waals surface area contributed by atoms with E-state index in [-0.39, 0.29) is 10.8 Å². The summed E-state index contributed by atoms with van der Waals surface area (Å²) in [6, 6.07) is 6.20. The molecule has 1 atom stereocenters. The molecular weight excluding hydrogens is 376 g/mol. The van der Waals surface area contributed by atoms with Crippen LogP contribution in [0.4, 0.5) is 0 Å². The van der Waals surface area contributed by atoms with Gasteiger partial charge in [-0.1, -0.05) is 6.07 Å². The molecule has 2 spiro atoms. The number of pyridine rings is 1. The van der Waals surface area contributed by atoms with Crippen LogP contribution in [-0.2, 0) is 17.9 Å². The number of rotatable bonds is 5. The van der Waals surface area contributed by atoms with E-state index in [0.29, 0.717) is 5.91 Å². The van der Waals surface area contributed by atoms with Crippen LogP contribution in [0, 0.1) is 10.8 Å². The Hall–Kier alpha value is -2.18. The Balaban J connectivity index is 1.36. The van der Waals surface area contributed by atoms with Gasteiger partial charge in [0, 0.05) is 62.6 Å². The molecule has 6 heteroatoms. The highest BCUT2D eigenvalue weighted by Crippen LogP contribution is 2.58. The van der Waals surface area contributed by atoms with Crippen molar-refractivity contribution in [3.8, 4) is 0 Å². The smallest absolute Gasteiger partial charge is 0.230 e. The van der Waals surface area contributed by atoms with Crippen molar-refractivity contribution in [2.75, 3.05) is 39.3 Å². The van der Waals surface area contributed by atoms with E-state index < -0.39 is 0 Å². The first-order valence-electron chi connectivity index (χ1n) is 11.3. The van der Waals surface area contributed by atoms with Gasteiger partial charge in [-0.3, -0.25) is 19.6 Å². The second-order valence-electron chi connectivity index (χ2n) is 9.41. The Kier molecular flexibility index (Phi) is 5.15. The molecule has 2 aromatic heterocycles. The minimum atomic E-state index is -0.215. The van der Waals surface area contributed by atoms with Gasteiger partial charge in [0.15, 0.2) is 0 Å². The quantitative estimate of drug-likeness (QED) is 0.761. The number of likely N-dealkylation sites (tertiary alicyclic amines) is 3. The molecule has 30 heavy (non-hydrogen) atoms. The van der Waals surface area contributed by atoms with Crippen LogP contribution in [0.1, 0.15) is 37.3 Å². The number of nitrogens with zero attached hydrogens (tertiary/aromatic N) is 4. The topological polar surface area (TPSA) is 52.8 Å². The Morgan fingerprint density at radius 3 is 2.53 bits per heavy atom. The third kappa shape index (κ3) is 3.26. The second kappa shape index (κ2) is 7.82. The first-order chi connectivity index (χ1) is 14.6. The Labute approximate surface area is 178 Å². The Bertz CT molecular complexity index is 861. The number of amides is 1. The fourth-order valence-electron chi connectivity index (χ4n) is 6.24. The highest BCUT2D eigenvalue weighted by Gasteiger charge is 2.64. The average Bonchev–Trinajstić information content (AvgIpc) is 3.46. The van der Waals surface area contributed by atoms with Crippen LogP contribution >= 0.6 is 0 Å². The number of piperidine rings is 1. The highest BCUT2D eigenvalue weighted by molar-refractivity contribution is 5.86. The molecule has 0 bridgehead atoms. The van der Waals surface area contributed by atoms with Gasteiger partial charge in [-0.25, -0.2) is 0 Å². The van der Waals surface area contributed by atoms with Crippen molar-refractivity contribution in [3.63, 3.8) is 0 Å². The average molecular weight is 409 g/mol. The molecule has 0 saturated carbocycles. The van der Waals surface area contributed by atoms with Gasteiger partial charge < -0.3 is 9.32 Å². The van der Waals surface area contributed by atoms with E-state index in [2.05, 4.69) is 38.7 Å². The standard InChI is InChI=1S/C24H32N4O2/c1-2-28-12-8-24(22(28)29)19-27(15-20-4-3-9-25-14-20)18-23(24)6-10-26(11-7-23)16-21-5-13-30-17-21/h3-5,9,13-14,17H,2,6-8,10-12,15-16,18-19H2,1H3/t24-/m1/s1. The predicted octanol–water partition coefficient (Wildman–Crippen LogP) is 3.01. The number of aromatic nitrogens is 1. The van der Waals surface area contributed by atoms with Crippen LogP contribution in [-0.4, -0.2) is 64.9 Å². The molecule has 3 aliphatic rings. The van der Waals surface area contributed by atoms with E-state index in [1.165, 1.54) is 11.1 Å². The van der Waals surface area contributed by atoms with Crippen LogP contribution in [0.15, 0.2) is 47.5 Å². The maximum atomic E-state index is 13.6. The van der Waals surface area contributed by atoms with Crippen molar-refractivity contribution in [1.82, 2.24) is 19.7 Å². The zero-order valence-corrected chi connectivity index (χ0v) is 17.9. The lowest BCUT2D eigenvalue weighted by atomic mass is 9.60.